The number of amides is 3. The highest BCUT2D eigenvalue weighted by Crippen LogP contribution is 2.23. The fraction of sp³-hybridized carbons (Fsp3) is 0.684. The summed E-state index contributed by atoms with van der Waals surface area (Å²) in [5.74, 6) is -0.0148. The number of ether oxygens (including phenoxy) is 1. The second kappa shape index (κ2) is 9.52. The van der Waals surface area contributed by atoms with E-state index < -0.39 is 0 Å². The number of hydrogen-bond donors (Lipinski definition) is 1. The molecule has 2 fully saturated rings. The molecule has 1 N–H and O–H groups in total. The van der Waals surface area contributed by atoms with E-state index in [1.54, 1.807) is 19.0 Å². The number of hydrogen-bond acceptors (Lipinski definition) is 5. The van der Waals surface area contributed by atoms with Gasteiger partial charge in [0.15, 0.2) is 0 Å². The van der Waals surface area contributed by atoms with Gasteiger partial charge in [0.05, 0.1) is 0 Å². The van der Waals surface area contributed by atoms with Crippen LogP contribution in [-0.2, 0) is 4.74 Å². The topological polar surface area (TPSA) is 65.1 Å². The van der Waals surface area contributed by atoms with Gasteiger partial charge in [-0.2, -0.15) is 11.3 Å². The Morgan fingerprint density at radius 2 is 2.04 bits per heavy atom. The molecule has 2 saturated heterocycles. The molecule has 3 amide bonds. The van der Waals surface area contributed by atoms with E-state index in [1.807, 2.05) is 21.7 Å². The number of urea groups is 1. The van der Waals surface area contributed by atoms with Crippen LogP contribution in [0.25, 0.3) is 0 Å². The summed E-state index contributed by atoms with van der Waals surface area (Å²) in [5, 5.41) is 6.82. The number of carbonyl (C=O) groups is 2. The van der Waals surface area contributed by atoms with Crippen molar-refractivity contribution in [1.29, 1.82) is 0 Å². The van der Waals surface area contributed by atoms with Crippen molar-refractivity contribution < 1.29 is 14.3 Å². The van der Waals surface area contributed by atoms with E-state index in [9.17, 15) is 9.59 Å². The lowest BCUT2D eigenvalue weighted by Gasteiger charge is -2.38. The Labute approximate surface area is 165 Å². The van der Waals surface area contributed by atoms with Gasteiger partial charge in [-0.3, -0.25) is 9.69 Å². The molecule has 0 radical (unpaired) electrons. The van der Waals surface area contributed by atoms with Crippen LogP contribution in [0.4, 0.5) is 4.79 Å². The zero-order valence-corrected chi connectivity index (χ0v) is 17.0. The van der Waals surface area contributed by atoms with E-state index in [4.69, 9.17) is 4.74 Å². The van der Waals surface area contributed by atoms with Crippen LogP contribution in [0.2, 0.25) is 0 Å². The third-order valence-corrected chi connectivity index (χ3v) is 6.07. The smallest absolute Gasteiger partial charge is 0.319 e. The average molecular weight is 395 g/mol. The molecular formula is C19H30N4O3S. The van der Waals surface area contributed by atoms with Crippen LogP contribution < -0.4 is 5.32 Å². The molecule has 0 saturated carbocycles. The van der Waals surface area contributed by atoms with Crippen molar-refractivity contribution in [3.05, 3.63) is 22.4 Å². The second-order valence-corrected chi connectivity index (χ2v) is 8.19. The van der Waals surface area contributed by atoms with Gasteiger partial charge < -0.3 is 19.9 Å². The number of rotatable bonds is 6. The Hall–Kier alpha value is -1.64. The maximum Gasteiger partial charge on any atom is 0.319 e. The molecule has 1 atom stereocenters. The Morgan fingerprint density at radius 1 is 1.26 bits per heavy atom. The summed E-state index contributed by atoms with van der Waals surface area (Å²) in [6, 6.07) is 2.72. The van der Waals surface area contributed by atoms with Crippen molar-refractivity contribution in [1.82, 2.24) is 20.0 Å². The minimum atomic E-state index is -0.0148. The van der Waals surface area contributed by atoms with Crippen molar-refractivity contribution in [2.75, 3.05) is 53.5 Å². The minimum absolute atomic E-state index is 0.0148. The summed E-state index contributed by atoms with van der Waals surface area (Å²) in [4.78, 5) is 30.6. The molecular weight excluding hydrogens is 364 g/mol. The van der Waals surface area contributed by atoms with E-state index in [0.717, 1.165) is 57.7 Å². The van der Waals surface area contributed by atoms with Gasteiger partial charge >= 0.3 is 6.03 Å². The largest absolute Gasteiger partial charge is 0.381 e. The van der Waals surface area contributed by atoms with Crippen molar-refractivity contribution in [3.63, 3.8) is 0 Å². The Morgan fingerprint density at radius 3 is 2.70 bits per heavy atom. The molecule has 2 aliphatic rings. The molecule has 1 aromatic rings. The van der Waals surface area contributed by atoms with Crippen LogP contribution in [0.5, 0.6) is 0 Å². The van der Waals surface area contributed by atoms with E-state index in [2.05, 4.69) is 10.2 Å². The SMILES string of the molecule is CN(C)C(=O)N1CCC(N(CCNC(=O)c2ccsc2)C2CCOCC2)C1. The maximum atomic E-state index is 12.3. The monoisotopic (exact) mass is 394 g/mol. The van der Waals surface area contributed by atoms with E-state index in [0.29, 0.717) is 18.6 Å². The molecule has 2 aliphatic heterocycles. The summed E-state index contributed by atoms with van der Waals surface area (Å²) < 4.78 is 5.53. The molecule has 0 aromatic carbocycles. The molecule has 27 heavy (non-hydrogen) atoms. The number of thiophene rings is 1. The third-order valence-electron chi connectivity index (χ3n) is 5.38. The first-order valence-electron chi connectivity index (χ1n) is 9.66. The zero-order chi connectivity index (χ0) is 19.2. The van der Waals surface area contributed by atoms with Crippen LogP contribution in [0.1, 0.15) is 29.6 Å². The van der Waals surface area contributed by atoms with Crippen molar-refractivity contribution >= 4 is 23.3 Å². The predicted molar refractivity (Wildman–Crippen MR) is 106 cm³/mol. The molecule has 0 aliphatic carbocycles. The van der Waals surface area contributed by atoms with Gasteiger partial charge in [-0.05, 0) is 30.7 Å². The van der Waals surface area contributed by atoms with Gasteiger partial charge in [-0.15, -0.1) is 0 Å². The first-order chi connectivity index (χ1) is 13.1. The lowest BCUT2D eigenvalue weighted by Crippen LogP contribution is -2.50. The summed E-state index contributed by atoms with van der Waals surface area (Å²) in [6.45, 7) is 4.54. The first kappa shape index (κ1) is 20.1. The lowest BCUT2D eigenvalue weighted by molar-refractivity contribution is 0.0188. The quantitative estimate of drug-likeness (QED) is 0.798. The van der Waals surface area contributed by atoms with Gasteiger partial charge in [0.25, 0.3) is 5.91 Å². The van der Waals surface area contributed by atoms with Crippen LogP contribution >= 0.6 is 11.3 Å². The summed E-state index contributed by atoms with van der Waals surface area (Å²) in [7, 11) is 3.59. The first-order valence-corrected chi connectivity index (χ1v) is 10.6. The second-order valence-electron chi connectivity index (χ2n) is 7.41. The van der Waals surface area contributed by atoms with Gasteiger partial charge in [-0.1, -0.05) is 0 Å². The van der Waals surface area contributed by atoms with Crippen LogP contribution in [-0.4, -0.2) is 92.2 Å². The van der Waals surface area contributed by atoms with Crippen LogP contribution in [0.15, 0.2) is 16.8 Å². The summed E-state index contributed by atoms with van der Waals surface area (Å²) >= 11 is 1.53. The van der Waals surface area contributed by atoms with Gasteiger partial charge in [0.1, 0.15) is 0 Å². The number of nitrogens with zero attached hydrogens (tertiary/aromatic N) is 3. The molecule has 8 heteroatoms. The Kier molecular flexibility index (Phi) is 7.09. The molecule has 0 bridgehead atoms. The molecule has 3 heterocycles. The van der Waals surface area contributed by atoms with E-state index >= 15 is 0 Å². The molecule has 7 nitrogen and oxygen atoms in total. The minimum Gasteiger partial charge on any atom is -0.381 e. The number of nitrogens with one attached hydrogen (secondary N) is 1. The van der Waals surface area contributed by atoms with Crippen LogP contribution in [0, 0.1) is 0 Å². The highest BCUT2D eigenvalue weighted by atomic mass is 32.1. The van der Waals surface area contributed by atoms with Gasteiger partial charge in [-0.25, -0.2) is 4.79 Å². The highest BCUT2D eigenvalue weighted by Gasteiger charge is 2.34. The fourth-order valence-electron chi connectivity index (χ4n) is 3.94. The predicted octanol–water partition coefficient (Wildman–Crippen LogP) is 1.71. The Balaban J connectivity index is 1.57. The summed E-state index contributed by atoms with van der Waals surface area (Å²) in [6.07, 6.45) is 3.00. The lowest BCUT2D eigenvalue weighted by atomic mass is 10.0. The molecule has 3 rings (SSSR count). The van der Waals surface area contributed by atoms with E-state index in [1.165, 1.54) is 11.3 Å². The maximum absolute atomic E-state index is 12.3. The fourth-order valence-corrected chi connectivity index (χ4v) is 4.58. The molecule has 1 unspecified atom stereocenters. The van der Waals surface area contributed by atoms with Crippen LogP contribution in [0.3, 0.4) is 0 Å². The number of likely N-dealkylation sites (tertiary alicyclic amines) is 1. The van der Waals surface area contributed by atoms with Crippen molar-refractivity contribution in [2.24, 2.45) is 0 Å². The van der Waals surface area contributed by atoms with Crippen molar-refractivity contribution in [3.8, 4) is 0 Å². The number of carbonyl (C=O) groups excluding carboxylic acids is 2. The molecule has 1 aromatic heterocycles. The van der Waals surface area contributed by atoms with Gasteiger partial charge in [0, 0.05) is 76.5 Å². The molecule has 0 spiro atoms. The molecule has 150 valence electrons. The average Bonchev–Trinajstić information content (AvgIpc) is 3.37. The van der Waals surface area contributed by atoms with Gasteiger partial charge in [0.2, 0.25) is 0 Å². The third kappa shape index (κ3) is 5.21. The van der Waals surface area contributed by atoms with E-state index in [-0.39, 0.29) is 11.9 Å². The highest BCUT2D eigenvalue weighted by molar-refractivity contribution is 7.08. The Bertz CT molecular complexity index is 616. The van der Waals surface area contributed by atoms with Crippen molar-refractivity contribution in [2.45, 2.75) is 31.3 Å². The standard InChI is InChI=1S/C19H30N4O3S/c1-21(2)19(25)22-8-3-17(13-22)23(16-4-10-26-11-5-16)9-7-20-18(24)15-6-12-27-14-15/h6,12,14,16-17H,3-5,7-11,13H2,1-2H3,(H,20,24). The normalized spacial score (nSPS) is 20.9. The summed E-state index contributed by atoms with van der Waals surface area (Å²) in [5.41, 5.74) is 0.723. The zero-order valence-electron chi connectivity index (χ0n) is 16.2.